The van der Waals surface area contributed by atoms with Crippen LogP contribution in [0.1, 0.15) is 12.0 Å². The second kappa shape index (κ2) is 8.26. The van der Waals surface area contributed by atoms with Crippen molar-refractivity contribution in [1.82, 2.24) is 10.0 Å². The fraction of sp³-hybridized carbons (Fsp3) is 0.263. The maximum absolute atomic E-state index is 13.4. The second-order valence-electron chi connectivity index (χ2n) is 6.60. The van der Waals surface area contributed by atoms with Gasteiger partial charge in [-0.15, -0.1) is 0 Å². The van der Waals surface area contributed by atoms with Gasteiger partial charge in [0.25, 0.3) is 0 Å². The Balaban J connectivity index is 1.61. The second-order valence-corrected chi connectivity index (χ2v) is 8.49. The summed E-state index contributed by atoms with van der Waals surface area (Å²) in [7, 11) is -2.22. The minimum atomic E-state index is -3.54. The van der Waals surface area contributed by atoms with Crippen molar-refractivity contribution in [3.8, 4) is 0 Å². The number of anilines is 1. The first kappa shape index (κ1) is 20.9. The summed E-state index contributed by atoms with van der Waals surface area (Å²) >= 11 is 0. The Bertz CT molecular complexity index is 1020. The molecule has 2 amide bonds. The third-order valence-electron chi connectivity index (χ3n) is 4.62. The molecule has 2 aromatic carbocycles. The van der Waals surface area contributed by atoms with E-state index < -0.39 is 33.5 Å². The van der Waals surface area contributed by atoms with Gasteiger partial charge in [-0.05, 0) is 36.9 Å². The van der Waals surface area contributed by atoms with Gasteiger partial charge in [0.2, 0.25) is 21.8 Å². The molecule has 0 spiro atoms. The number of hydrogen-bond donors (Lipinski definition) is 2. The number of sulfonamides is 1. The molecule has 0 radical (unpaired) electrons. The van der Waals surface area contributed by atoms with E-state index in [0.717, 1.165) is 12.1 Å². The number of rotatable bonds is 6. The van der Waals surface area contributed by atoms with Crippen LogP contribution in [0.3, 0.4) is 0 Å². The molecule has 7 nitrogen and oxygen atoms in total. The molecule has 1 aliphatic heterocycles. The molecular weight excluding hydrogens is 404 g/mol. The van der Waals surface area contributed by atoms with Crippen LogP contribution < -0.4 is 14.9 Å². The topological polar surface area (TPSA) is 95.6 Å². The zero-order valence-electron chi connectivity index (χ0n) is 15.5. The number of nitrogens with zero attached hydrogens (tertiary/aromatic N) is 1. The van der Waals surface area contributed by atoms with E-state index in [2.05, 4.69) is 10.0 Å². The highest BCUT2D eigenvalue weighted by Crippen LogP contribution is 2.26. The lowest BCUT2D eigenvalue weighted by Gasteiger charge is -2.17. The van der Waals surface area contributed by atoms with E-state index >= 15 is 0 Å². The van der Waals surface area contributed by atoms with Crippen LogP contribution in [0.2, 0.25) is 0 Å². The molecule has 2 N–H and O–H groups in total. The lowest BCUT2D eigenvalue weighted by Crippen LogP contribution is -2.32. The summed E-state index contributed by atoms with van der Waals surface area (Å²) in [4.78, 5) is 25.9. The highest BCUT2D eigenvalue weighted by Gasteiger charge is 2.35. The smallest absolute Gasteiger partial charge is 0.240 e. The van der Waals surface area contributed by atoms with Gasteiger partial charge in [0.15, 0.2) is 0 Å². The average molecular weight is 423 g/mol. The van der Waals surface area contributed by atoms with Crippen molar-refractivity contribution in [2.75, 3.05) is 18.5 Å². The zero-order chi connectivity index (χ0) is 21.2. The minimum Gasteiger partial charge on any atom is -0.352 e. The van der Waals surface area contributed by atoms with E-state index in [1.54, 1.807) is 12.1 Å². The Hall–Kier alpha value is -2.85. The quantitative estimate of drug-likeness (QED) is 0.737. The van der Waals surface area contributed by atoms with Gasteiger partial charge in [0.1, 0.15) is 11.6 Å². The van der Waals surface area contributed by atoms with Crippen molar-refractivity contribution in [3.63, 3.8) is 0 Å². The van der Waals surface area contributed by atoms with Gasteiger partial charge in [-0.3, -0.25) is 9.59 Å². The van der Waals surface area contributed by atoms with Gasteiger partial charge in [0, 0.05) is 31.3 Å². The summed E-state index contributed by atoms with van der Waals surface area (Å²) in [5.41, 5.74) is 0.755. The van der Waals surface area contributed by atoms with E-state index in [-0.39, 0.29) is 36.0 Å². The summed E-state index contributed by atoms with van der Waals surface area (Å²) in [6.45, 7) is 0.172. The molecule has 0 bridgehead atoms. The van der Waals surface area contributed by atoms with Crippen LogP contribution in [0.5, 0.6) is 0 Å². The molecule has 2 aromatic rings. The Labute approximate surface area is 166 Å². The van der Waals surface area contributed by atoms with Gasteiger partial charge in [-0.25, -0.2) is 21.9 Å². The van der Waals surface area contributed by atoms with Gasteiger partial charge in [-0.1, -0.05) is 12.1 Å². The van der Waals surface area contributed by atoms with E-state index in [9.17, 15) is 26.8 Å². The molecule has 0 aromatic heterocycles. The van der Waals surface area contributed by atoms with Gasteiger partial charge in [-0.2, -0.15) is 0 Å². The number of nitrogens with one attached hydrogen (secondary N) is 2. The molecule has 1 heterocycles. The van der Waals surface area contributed by atoms with Crippen LogP contribution in [0.15, 0.2) is 47.4 Å². The van der Waals surface area contributed by atoms with Gasteiger partial charge in [0.05, 0.1) is 10.8 Å². The predicted octanol–water partition coefficient (Wildman–Crippen LogP) is 1.54. The van der Waals surface area contributed by atoms with Crippen LogP contribution in [0.4, 0.5) is 14.5 Å². The molecule has 1 fully saturated rings. The third-order valence-corrected chi connectivity index (χ3v) is 6.05. The number of carbonyl (C=O) groups excluding carboxylic acids is 2. The minimum absolute atomic E-state index is 0.0207. The summed E-state index contributed by atoms with van der Waals surface area (Å²) in [5.74, 6) is -3.02. The standard InChI is InChI=1S/C19H19F2N3O4S/c1-22-29(27,28)17-4-2-12(3-5-17)10-23-19(26)13-6-18(25)24(11-13)16-8-14(20)7-15(21)9-16/h2-5,7-9,13,22H,6,10-11H2,1H3,(H,23,26). The van der Waals surface area contributed by atoms with Crippen molar-refractivity contribution in [2.45, 2.75) is 17.9 Å². The van der Waals surface area contributed by atoms with E-state index in [1.807, 2.05) is 0 Å². The first-order valence-corrected chi connectivity index (χ1v) is 10.2. The number of halogens is 2. The lowest BCUT2D eigenvalue weighted by atomic mass is 10.1. The fourth-order valence-electron chi connectivity index (χ4n) is 3.07. The molecular formula is C19H19F2N3O4S. The molecule has 1 aliphatic rings. The van der Waals surface area contributed by atoms with Crippen molar-refractivity contribution in [2.24, 2.45) is 5.92 Å². The summed E-state index contributed by atoms with van der Waals surface area (Å²) in [6, 6.07) is 8.79. The molecule has 0 saturated carbocycles. The van der Waals surface area contributed by atoms with Crippen molar-refractivity contribution in [1.29, 1.82) is 0 Å². The van der Waals surface area contributed by atoms with E-state index in [1.165, 1.54) is 24.1 Å². The van der Waals surface area contributed by atoms with Gasteiger partial charge >= 0.3 is 0 Å². The molecule has 1 saturated heterocycles. The molecule has 154 valence electrons. The highest BCUT2D eigenvalue weighted by atomic mass is 32.2. The summed E-state index contributed by atoms with van der Waals surface area (Å²) in [5, 5.41) is 2.70. The maximum Gasteiger partial charge on any atom is 0.240 e. The van der Waals surface area contributed by atoms with Crippen LogP contribution in [0.25, 0.3) is 0 Å². The first-order valence-electron chi connectivity index (χ1n) is 8.76. The molecule has 3 rings (SSSR count). The largest absolute Gasteiger partial charge is 0.352 e. The molecule has 1 unspecified atom stereocenters. The molecule has 29 heavy (non-hydrogen) atoms. The summed E-state index contributed by atoms with van der Waals surface area (Å²) < 4.78 is 52.4. The Kier molecular flexibility index (Phi) is 5.94. The Morgan fingerprint density at radius 3 is 2.34 bits per heavy atom. The fourth-order valence-corrected chi connectivity index (χ4v) is 3.80. The SMILES string of the molecule is CNS(=O)(=O)c1ccc(CNC(=O)C2CC(=O)N(c3cc(F)cc(F)c3)C2)cc1. The van der Waals surface area contributed by atoms with Crippen LogP contribution in [0, 0.1) is 17.6 Å². The number of hydrogen-bond acceptors (Lipinski definition) is 4. The number of amides is 2. The average Bonchev–Trinajstić information content (AvgIpc) is 3.07. The van der Waals surface area contributed by atoms with Crippen molar-refractivity contribution >= 4 is 27.5 Å². The number of benzene rings is 2. The van der Waals surface area contributed by atoms with Crippen LogP contribution in [-0.4, -0.2) is 33.8 Å². The normalized spacial score (nSPS) is 16.9. The Morgan fingerprint density at radius 1 is 1.14 bits per heavy atom. The summed E-state index contributed by atoms with van der Waals surface area (Å²) in [6.07, 6.45) is -0.0662. The van der Waals surface area contributed by atoms with Crippen molar-refractivity contribution in [3.05, 3.63) is 59.7 Å². The van der Waals surface area contributed by atoms with Crippen LogP contribution >= 0.6 is 0 Å². The first-order chi connectivity index (χ1) is 13.7. The lowest BCUT2D eigenvalue weighted by molar-refractivity contribution is -0.126. The van der Waals surface area contributed by atoms with E-state index in [0.29, 0.717) is 11.6 Å². The highest BCUT2D eigenvalue weighted by molar-refractivity contribution is 7.89. The third kappa shape index (κ3) is 4.77. The van der Waals surface area contributed by atoms with Crippen LogP contribution in [-0.2, 0) is 26.2 Å². The molecule has 10 heteroatoms. The number of carbonyl (C=O) groups is 2. The maximum atomic E-state index is 13.4. The molecule has 1 atom stereocenters. The van der Waals surface area contributed by atoms with E-state index in [4.69, 9.17) is 0 Å². The van der Waals surface area contributed by atoms with Gasteiger partial charge < -0.3 is 10.2 Å². The Morgan fingerprint density at radius 2 is 1.76 bits per heavy atom. The van der Waals surface area contributed by atoms with Crippen molar-refractivity contribution < 1.29 is 26.8 Å². The zero-order valence-corrected chi connectivity index (χ0v) is 16.3. The predicted molar refractivity (Wildman–Crippen MR) is 101 cm³/mol. The monoisotopic (exact) mass is 423 g/mol. The molecule has 0 aliphatic carbocycles.